The predicted octanol–water partition coefficient (Wildman–Crippen LogP) is 2.67. The summed E-state index contributed by atoms with van der Waals surface area (Å²) in [6.45, 7) is -4.41. The van der Waals surface area contributed by atoms with Gasteiger partial charge in [0.1, 0.15) is 5.69 Å². The lowest BCUT2D eigenvalue weighted by atomic mass is 10.2. The van der Waals surface area contributed by atoms with Crippen LogP contribution in [-0.2, 0) is 6.54 Å². The highest BCUT2D eigenvalue weighted by Crippen LogP contribution is 2.30. The van der Waals surface area contributed by atoms with Crippen molar-refractivity contribution in [3.8, 4) is 5.88 Å². The van der Waals surface area contributed by atoms with Crippen molar-refractivity contribution in [2.75, 3.05) is 25.5 Å². The zero-order valence-electron chi connectivity index (χ0n) is 15.5. The second kappa shape index (κ2) is 5.92. The molecule has 3 rings (SSSR count). The van der Waals surface area contributed by atoms with E-state index in [0.717, 1.165) is 0 Å². The van der Waals surface area contributed by atoms with Gasteiger partial charge >= 0.3 is 6.18 Å². The second-order valence-corrected chi connectivity index (χ2v) is 4.99. The summed E-state index contributed by atoms with van der Waals surface area (Å²) >= 11 is 5.46. The van der Waals surface area contributed by atoms with E-state index < -0.39 is 31.0 Å². The van der Waals surface area contributed by atoms with Gasteiger partial charge in [-0.25, -0.2) is 4.98 Å². The first-order chi connectivity index (χ1) is 12.3. The standard InChI is InChI=1S/C14H13ClF3N3O2/c15-2-4-20-5-6-21-10-1-3-19-12(23-8-14(16,17)18)9(10)7-11(21)13(20)22/h1,3,7H,2,4-6,8H2/i2D2,4D2. The van der Waals surface area contributed by atoms with Crippen LogP contribution >= 0.6 is 11.6 Å². The zero-order chi connectivity index (χ0) is 20.2. The molecule has 1 aliphatic rings. The molecule has 5 nitrogen and oxygen atoms in total. The van der Waals surface area contributed by atoms with Gasteiger partial charge < -0.3 is 14.2 Å². The molecule has 1 aliphatic heterocycles. The van der Waals surface area contributed by atoms with Crippen molar-refractivity contribution in [3.63, 3.8) is 0 Å². The van der Waals surface area contributed by atoms with Crippen molar-refractivity contribution in [1.29, 1.82) is 0 Å². The van der Waals surface area contributed by atoms with Crippen LogP contribution in [0.3, 0.4) is 0 Å². The Morgan fingerprint density at radius 1 is 1.43 bits per heavy atom. The van der Waals surface area contributed by atoms with Gasteiger partial charge in [0, 0.05) is 34.4 Å². The summed E-state index contributed by atoms with van der Waals surface area (Å²) in [5.41, 5.74) is 0.380. The lowest BCUT2D eigenvalue weighted by Gasteiger charge is -2.27. The van der Waals surface area contributed by atoms with Crippen molar-refractivity contribution in [2.24, 2.45) is 0 Å². The Labute approximate surface area is 140 Å². The van der Waals surface area contributed by atoms with Gasteiger partial charge in [0.25, 0.3) is 5.91 Å². The third-order valence-corrected chi connectivity index (χ3v) is 3.44. The molecule has 0 unspecified atom stereocenters. The van der Waals surface area contributed by atoms with Gasteiger partial charge in [0.2, 0.25) is 5.88 Å². The fraction of sp³-hybridized carbons (Fsp3) is 0.429. The summed E-state index contributed by atoms with van der Waals surface area (Å²) in [6, 6.07) is 2.75. The van der Waals surface area contributed by atoms with Gasteiger partial charge in [0.05, 0.1) is 13.6 Å². The molecular weight excluding hydrogens is 335 g/mol. The average Bonchev–Trinajstić information content (AvgIpc) is 2.91. The summed E-state index contributed by atoms with van der Waals surface area (Å²) in [7, 11) is 0. The van der Waals surface area contributed by atoms with Crippen LogP contribution in [0.1, 0.15) is 16.0 Å². The topological polar surface area (TPSA) is 47.4 Å². The van der Waals surface area contributed by atoms with E-state index in [0.29, 0.717) is 10.4 Å². The van der Waals surface area contributed by atoms with Crippen LogP contribution in [-0.4, -0.2) is 52.0 Å². The molecule has 0 aromatic carbocycles. The first-order valence-electron chi connectivity index (χ1n) is 8.51. The van der Waals surface area contributed by atoms with Gasteiger partial charge in [0.15, 0.2) is 6.61 Å². The van der Waals surface area contributed by atoms with Crippen molar-refractivity contribution in [2.45, 2.75) is 12.7 Å². The Bertz CT molecular complexity index is 898. The SMILES string of the molecule is [2H]C([2H])(Cl)C([2H])([2H])N1CCn2c(cc3c(OCC(F)(F)F)nccc32)C1=O. The van der Waals surface area contributed by atoms with Gasteiger partial charge in [-0.2, -0.15) is 13.2 Å². The van der Waals surface area contributed by atoms with E-state index in [2.05, 4.69) is 4.98 Å². The molecular formula is C14H13ClF3N3O2. The monoisotopic (exact) mass is 351 g/mol. The number of aromatic nitrogens is 2. The first kappa shape index (κ1) is 11.6. The number of carbonyl (C=O) groups excluding carboxylic acids is 1. The Kier molecular flexibility index (Phi) is 2.97. The third-order valence-electron chi connectivity index (χ3n) is 3.35. The minimum atomic E-state index is -4.56. The first-order valence-corrected chi connectivity index (χ1v) is 6.89. The Morgan fingerprint density at radius 3 is 2.91 bits per heavy atom. The van der Waals surface area contributed by atoms with Crippen molar-refractivity contribution in [1.82, 2.24) is 14.5 Å². The van der Waals surface area contributed by atoms with Gasteiger partial charge in [-0.3, -0.25) is 4.79 Å². The fourth-order valence-corrected chi connectivity index (χ4v) is 2.54. The summed E-state index contributed by atoms with van der Waals surface area (Å²) in [5, 5.41) is 0.168. The van der Waals surface area contributed by atoms with E-state index in [1.165, 1.54) is 22.9 Å². The number of rotatable bonds is 4. The van der Waals surface area contributed by atoms with Crippen LogP contribution in [0.2, 0.25) is 0 Å². The molecule has 124 valence electrons. The van der Waals surface area contributed by atoms with E-state index in [1.54, 1.807) is 0 Å². The molecule has 0 spiro atoms. The number of nitrogens with zero attached hydrogens (tertiary/aromatic N) is 3. The lowest BCUT2D eigenvalue weighted by molar-refractivity contribution is -0.153. The quantitative estimate of drug-likeness (QED) is 0.796. The van der Waals surface area contributed by atoms with Crippen LogP contribution in [0.15, 0.2) is 18.3 Å². The fourth-order valence-electron chi connectivity index (χ4n) is 2.44. The number of amides is 1. The minimum Gasteiger partial charge on any atom is -0.468 e. The highest BCUT2D eigenvalue weighted by molar-refractivity contribution is 6.18. The summed E-state index contributed by atoms with van der Waals surface area (Å²) in [4.78, 5) is 17.1. The number of fused-ring (bicyclic) bond motifs is 3. The van der Waals surface area contributed by atoms with Crippen LogP contribution in [0.5, 0.6) is 5.88 Å². The van der Waals surface area contributed by atoms with Crippen LogP contribution < -0.4 is 4.74 Å². The van der Waals surface area contributed by atoms with Crippen LogP contribution in [0.4, 0.5) is 13.2 Å². The highest BCUT2D eigenvalue weighted by Gasteiger charge is 2.30. The van der Waals surface area contributed by atoms with E-state index in [-0.39, 0.29) is 30.0 Å². The van der Waals surface area contributed by atoms with E-state index in [4.69, 9.17) is 21.8 Å². The molecule has 0 saturated heterocycles. The molecule has 0 atom stereocenters. The molecule has 0 radical (unpaired) electrons. The number of pyridine rings is 1. The molecule has 2 aromatic heterocycles. The molecule has 0 N–H and O–H groups in total. The molecule has 3 heterocycles. The molecule has 0 fully saturated rings. The second-order valence-electron chi connectivity index (χ2n) is 4.80. The smallest absolute Gasteiger partial charge is 0.422 e. The van der Waals surface area contributed by atoms with E-state index in [1.807, 2.05) is 0 Å². The van der Waals surface area contributed by atoms with E-state index in [9.17, 15) is 18.0 Å². The Balaban J connectivity index is 2.01. The molecule has 2 aromatic rings. The third kappa shape index (κ3) is 3.08. The summed E-state index contributed by atoms with van der Waals surface area (Å²) < 4.78 is 74.0. The lowest BCUT2D eigenvalue weighted by Crippen LogP contribution is -2.40. The molecule has 0 saturated carbocycles. The number of hydrogen-bond donors (Lipinski definition) is 0. The molecule has 23 heavy (non-hydrogen) atoms. The maximum atomic E-state index is 12.7. The molecule has 1 amide bonds. The molecule has 9 heteroatoms. The number of alkyl halides is 4. The summed E-state index contributed by atoms with van der Waals surface area (Å²) in [6.07, 6.45) is -3.31. The summed E-state index contributed by atoms with van der Waals surface area (Å²) in [5.74, 6) is -3.98. The largest absolute Gasteiger partial charge is 0.468 e. The molecule has 0 aliphatic carbocycles. The number of hydrogen-bond acceptors (Lipinski definition) is 3. The van der Waals surface area contributed by atoms with Crippen molar-refractivity contribution in [3.05, 3.63) is 24.0 Å². The highest BCUT2D eigenvalue weighted by atomic mass is 35.5. The zero-order valence-corrected chi connectivity index (χ0v) is 12.3. The van der Waals surface area contributed by atoms with Crippen LogP contribution in [0.25, 0.3) is 10.9 Å². The van der Waals surface area contributed by atoms with E-state index >= 15 is 0 Å². The van der Waals surface area contributed by atoms with Gasteiger partial charge in [-0.05, 0) is 12.1 Å². The maximum Gasteiger partial charge on any atom is 0.422 e. The minimum absolute atomic E-state index is 0.0223. The molecule has 0 bridgehead atoms. The number of ether oxygens (including phenoxy) is 1. The predicted molar refractivity (Wildman–Crippen MR) is 77.9 cm³/mol. The average molecular weight is 352 g/mol. The van der Waals surface area contributed by atoms with Gasteiger partial charge in [-0.1, -0.05) is 0 Å². The van der Waals surface area contributed by atoms with Crippen molar-refractivity contribution < 1.29 is 28.2 Å². The van der Waals surface area contributed by atoms with Gasteiger partial charge in [-0.15, -0.1) is 11.6 Å². The number of halogens is 4. The Morgan fingerprint density at radius 2 is 2.22 bits per heavy atom. The number of carbonyl (C=O) groups is 1. The maximum absolute atomic E-state index is 12.7. The van der Waals surface area contributed by atoms with Crippen LogP contribution in [0, 0.1) is 0 Å². The normalized spacial score (nSPS) is 19.0. The van der Waals surface area contributed by atoms with Crippen molar-refractivity contribution >= 4 is 28.4 Å². The Hall–Kier alpha value is -1.96.